The average molecular weight is 433 g/mol. The van der Waals surface area contributed by atoms with Crippen molar-refractivity contribution in [2.75, 3.05) is 13.1 Å². The lowest BCUT2D eigenvalue weighted by atomic mass is 9.90. The van der Waals surface area contributed by atoms with Crippen molar-refractivity contribution in [3.8, 4) is 0 Å². The number of amides is 1. The van der Waals surface area contributed by atoms with Crippen LogP contribution in [0.5, 0.6) is 0 Å². The summed E-state index contributed by atoms with van der Waals surface area (Å²) in [5, 5.41) is 5.66. The molecule has 5 heteroatoms. The molecule has 1 aliphatic rings. The van der Waals surface area contributed by atoms with Crippen molar-refractivity contribution in [2.24, 2.45) is 13.0 Å². The third-order valence-electron chi connectivity index (χ3n) is 7.25. The first kappa shape index (κ1) is 22.5. The quantitative estimate of drug-likeness (QED) is 0.550. The molecule has 32 heavy (non-hydrogen) atoms. The maximum absolute atomic E-state index is 12.9. The highest BCUT2D eigenvalue weighted by Gasteiger charge is 2.23. The normalized spacial score (nSPS) is 15.0. The number of aryl methyl sites for hydroxylation is 6. The summed E-state index contributed by atoms with van der Waals surface area (Å²) in [7, 11) is 1.94. The van der Waals surface area contributed by atoms with E-state index in [0.29, 0.717) is 6.42 Å². The van der Waals surface area contributed by atoms with Gasteiger partial charge in [-0.1, -0.05) is 29.8 Å². The lowest BCUT2D eigenvalue weighted by molar-refractivity contribution is -0.132. The second-order valence-electron chi connectivity index (χ2n) is 9.56. The smallest absolute Gasteiger partial charge is 0.222 e. The lowest BCUT2D eigenvalue weighted by Gasteiger charge is -2.32. The van der Waals surface area contributed by atoms with E-state index in [1.807, 2.05) is 25.6 Å². The van der Waals surface area contributed by atoms with Crippen molar-refractivity contribution >= 4 is 16.9 Å². The van der Waals surface area contributed by atoms with E-state index in [1.165, 1.54) is 28.7 Å². The molecule has 1 aromatic carbocycles. The van der Waals surface area contributed by atoms with Gasteiger partial charge in [0.15, 0.2) is 5.65 Å². The minimum Gasteiger partial charge on any atom is -0.343 e. The number of benzene rings is 1. The van der Waals surface area contributed by atoms with Gasteiger partial charge in [0.25, 0.3) is 0 Å². The van der Waals surface area contributed by atoms with Crippen LogP contribution in [-0.4, -0.2) is 38.7 Å². The summed E-state index contributed by atoms with van der Waals surface area (Å²) in [6.45, 7) is 10.2. The molecule has 0 aliphatic carbocycles. The topological polar surface area (TPSA) is 51.0 Å². The van der Waals surface area contributed by atoms with Crippen molar-refractivity contribution in [3.63, 3.8) is 0 Å². The van der Waals surface area contributed by atoms with Gasteiger partial charge in [-0.05, 0) is 82.4 Å². The molecule has 0 unspecified atom stereocenters. The first-order chi connectivity index (χ1) is 15.3. The number of fused-ring (bicyclic) bond motifs is 1. The van der Waals surface area contributed by atoms with Crippen LogP contribution in [0.2, 0.25) is 0 Å². The van der Waals surface area contributed by atoms with E-state index in [9.17, 15) is 4.79 Å². The Morgan fingerprint density at radius 1 is 1.00 bits per heavy atom. The predicted molar refractivity (Wildman–Crippen MR) is 130 cm³/mol. The van der Waals surface area contributed by atoms with Crippen LogP contribution in [-0.2, 0) is 24.7 Å². The van der Waals surface area contributed by atoms with Crippen molar-refractivity contribution in [1.82, 2.24) is 19.7 Å². The van der Waals surface area contributed by atoms with Gasteiger partial charge in [-0.2, -0.15) is 5.10 Å². The van der Waals surface area contributed by atoms with Crippen molar-refractivity contribution < 1.29 is 4.79 Å². The molecule has 5 nitrogen and oxygen atoms in total. The van der Waals surface area contributed by atoms with Crippen LogP contribution in [0.25, 0.3) is 11.0 Å². The predicted octanol–water partition coefficient (Wildman–Crippen LogP) is 5.01. The molecule has 0 spiro atoms. The zero-order chi connectivity index (χ0) is 22.8. The first-order valence-electron chi connectivity index (χ1n) is 12.0. The number of carbonyl (C=O) groups excluding carboxylic acids is 1. The molecule has 0 atom stereocenters. The monoisotopic (exact) mass is 432 g/mol. The van der Waals surface area contributed by atoms with Gasteiger partial charge in [-0.3, -0.25) is 9.48 Å². The minimum absolute atomic E-state index is 0.281. The first-order valence-corrected chi connectivity index (χ1v) is 12.0. The second-order valence-corrected chi connectivity index (χ2v) is 9.56. The number of aromatic nitrogens is 3. The van der Waals surface area contributed by atoms with Crippen molar-refractivity contribution in [1.29, 1.82) is 0 Å². The van der Waals surface area contributed by atoms with Crippen LogP contribution >= 0.6 is 0 Å². The lowest BCUT2D eigenvalue weighted by Crippen LogP contribution is -2.38. The van der Waals surface area contributed by atoms with Crippen LogP contribution < -0.4 is 0 Å². The zero-order valence-electron chi connectivity index (χ0n) is 20.2. The zero-order valence-corrected chi connectivity index (χ0v) is 20.2. The fourth-order valence-electron chi connectivity index (χ4n) is 5.22. The van der Waals surface area contributed by atoms with Crippen LogP contribution in [0.1, 0.15) is 59.3 Å². The van der Waals surface area contributed by atoms with Crippen molar-refractivity contribution in [3.05, 3.63) is 57.9 Å². The minimum atomic E-state index is 0.281. The van der Waals surface area contributed by atoms with Crippen LogP contribution in [0.4, 0.5) is 0 Å². The Kier molecular flexibility index (Phi) is 6.63. The highest BCUT2D eigenvalue weighted by molar-refractivity contribution is 5.84. The van der Waals surface area contributed by atoms with Gasteiger partial charge >= 0.3 is 0 Å². The second kappa shape index (κ2) is 9.43. The summed E-state index contributed by atoms with van der Waals surface area (Å²) in [4.78, 5) is 19.8. The van der Waals surface area contributed by atoms with Gasteiger partial charge in [-0.15, -0.1) is 0 Å². The van der Waals surface area contributed by atoms with E-state index in [2.05, 4.69) is 48.1 Å². The number of carbonyl (C=O) groups is 1. The molecular weight excluding hydrogens is 396 g/mol. The fraction of sp³-hybridized carbons (Fsp3) is 0.519. The molecule has 3 heterocycles. The molecule has 0 saturated carbocycles. The Morgan fingerprint density at radius 2 is 1.69 bits per heavy atom. The molecule has 0 bridgehead atoms. The van der Waals surface area contributed by atoms with E-state index in [-0.39, 0.29) is 5.91 Å². The van der Waals surface area contributed by atoms with Gasteiger partial charge in [0.05, 0.1) is 5.69 Å². The molecule has 1 fully saturated rings. The largest absolute Gasteiger partial charge is 0.343 e. The van der Waals surface area contributed by atoms with Crippen LogP contribution in [0.3, 0.4) is 0 Å². The number of likely N-dealkylation sites (tertiary alicyclic amines) is 1. The highest BCUT2D eigenvalue weighted by atomic mass is 16.2. The average Bonchev–Trinajstić information content (AvgIpc) is 3.06. The number of rotatable bonds is 6. The van der Waals surface area contributed by atoms with E-state index in [1.54, 1.807) is 0 Å². The summed E-state index contributed by atoms with van der Waals surface area (Å²) < 4.78 is 1.85. The van der Waals surface area contributed by atoms with Crippen LogP contribution in [0, 0.1) is 33.6 Å². The molecule has 1 amide bonds. The summed E-state index contributed by atoms with van der Waals surface area (Å²) in [5.41, 5.74) is 8.12. The van der Waals surface area contributed by atoms with Gasteiger partial charge in [0.2, 0.25) is 5.91 Å². The number of piperidine rings is 1. The third kappa shape index (κ3) is 4.72. The van der Waals surface area contributed by atoms with E-state index in [4.69, 9.17) is 4.98 Å². The molecule has 1 saturated heterocycles. The molecule has 1 aliphatic heterocycles. The Balaban J connectivity index is 1.30. The van der Waals surface area contributed by atoms with Gasteiger partial charge in [-0.25, -0.2) is 4.98 Å². The Morgan fingerprint density at radius 3 is 2.38 bits per heavy atom. The molecule has 4 rings (SSSR count). The van der Waals surface area contributed by atoms with Gasteiger partial charge in [0, 0.05) is 37.6 Å². The Hall–Kier alpha value is -2.69. The Bertz CT molecular complexity index is 1110. The van der Waals surface area contributed by atoms with Gasteiger partial charge < -0.3 is 4.90 Å². The van der Waals surface area contributed by atoms with Crippen LogP contribution in [0.15, 0.2) is 24.3 Å². The summed E-state index contributed by atoms with van der Waals surface area (Å²) in [6.07, 6.45) is 5.92. The maximum Gasteiger partial charge on any atom is 0.222 e. The molecule has 170 valence electrons. The van der Waals surface area contributed by atoms with Gasteiger partial charge in [0.1, 0.15) is 0 Å². The molecule has 2 aromatic heterocycles. The summed E-state index contributed by atoms with van der Waals surface area (Å²) in [6, 6.07) is 8.89. The SMILES string of the molecule is Cc1ccc(CCC2CCN(C(=O)CCc3c(C)nc4c(c(C)nn4C)c3C)CC2)cc1. The fourth-order valence-corrected chi connectivity index (χ4v) is 5.22. The van der Waals surface area contributed by atoms with E-state index < -0.39 is 0 Å². The van der Waals surface area contributed by atoms with Crippen molar-refractivity contribution in [2.45, 2.75) is 66.2 Å². The number of hydrogen-bond acceptors (Lipinski definition) is 3. The van der Waals surface area contributed by atoms with E-state index >= 15 is 0 Å². The standard InChI is InChI=1S/C27H36N4O/c1-18-6-8-22(9-7-18)10-11-23-14-16-31(17-15-23)25(32)13-12-24-19(2)26-21(4)29-30(5)27(26)28-20(24)3/h6-9,23H,10-17H2,1-5H3. The number of pyridine rings is 1. The molecule has 3 aromatic rings. The highest BCUT2D eigenvalue weighted by Crippen LogP contribution is 2.27. The molecular formula is C27H36N4O. The Labute approximate surface area is 191 Å². The maximum atomic E-state index is 12.9. The summed E-state index contributed by atoms with van der Waals surface area (Å²) in [5.74, 6) is 1.01. The summed E-state index contributed by atoms with van der Waals surface area (Å²) >= 11 is 0. The van der Waals surface area contributed by atoms with E-state index in [0.717, 1.165) is 67.1 Å². The number of hydrogen-bond donors (Lipinski definition) is 0. The molecule has 0 N–H and O–H groups in total. The number of nitrogens with zero attached hydrogens (tertiary/aromatic N) is 4. The third-order valence-corrected chi connectivity index (χ3v) is 7.25. The molecule has 0 radical (unpaired) electrons.